The largest absolute Gasteiger partial charge is 0.303 e. The number of amides is 1. The zero-order chi connectivity index (χ0) is 11.8. The third-order valence-corrected chi connectivity index (χ3v) is 2.92. The Morgan fingerprint density at radius 2 is 1.88 bits per heavy atom. The van der Waals surface area contributed by atoms with Crippen molar-refractivity contribution < 1.29 is 4.79 Å². The first-order valence-electron chi connectivity index (χ1n) is 4.71. The fourth-order valence-electron chi connectivity index (χ4n) is 1.45. The second kappa shape index (κ2) is 3.77. The first kappa shape index (κ1) is 10.2. The van der Waals surface area contributed by atoms with Crippen molar-refractivity contribution in [3.8, 4) is 0 Å². The zero-order valence-electron chi connectivity index (χ0n) is 8.33. The predicted octanol–water partition coefficient (Wildman–Crippen LogP) is 1.96. The van der Waals surface area contributed by atoms with E-state index in [-0.39, 0.29) is 11.5 Å². The van der Waals surface area contributed by atoms with Gasteiger partial charge in [0, 0.05) is 10.0 Å². The van der Waals surface area contributed by atoms with Gasteiger partial charge in [-0.1, -0.05) is 34.1 Å². The maximum absolute atomic E-state index is 11.6. The summed E-state index contributed by atoms with van der Waals surface area (Å²) in [5, 5.41) is 10.6. The van der Waals surface area contributed by atoms with Gasteiger partial charge in [0.25, 0.3) is 0 Å². The average Bonchev–Trinajstić information content (AvgIpc) is 2.78. The second-order valence-electron chi connectivity index (χ2n) is 3.29. The number of halogens is 1. The summed E-state index contributed by atoms with van der Waals surface area (Å²) < 4.78 is 0.811. The lowest BCUT2D eigenvalue weighted by Crippen LogP contribution is -2.25. The van der Waals surface area contributed by atoms with Gasteiger partial charge in [-0.25, -0.2) is 4.99 Å². The van der Waals surface area contributed by atoms with Gasteiger partial charge in [0.2, 0.25) is 11.5 Å². The topological polar surface area (TPSA) is 78.9 Å². The van der Waals surface area contributed by atoms with Crippen LogP contribution in [0.2, 0.25) is 0 Å². The molecule has 0 N–H and O–H groups in total. The molecule has 1 amide bonds. The number of amidine groups is 2. The van der Waals surface area contributed by atoms with Crippen molar-refractivity contribution >= 4 is 39.2 Å². The van der Waals surface area contributed by atoms with Crippen molar-refractivity contribution in [3.05, 3.63) is 34.3 Å². The van der Waals surface area contributed by atoms with Crippen molar-refractivity contribution in [2.75, 3.05) is 0 Å². The number of hydrogen-bond donors (Lipinski definition) is 0. The van der Waals surface area contributed by atoms with Crippen LogP contribution in [0.3, 0.4) is 0 Å². The SMILES string of the molecule is O=C1N=C(c2ccccc2Br)N=C2N=NN=C12. The van der Waals surface area contributed by atoms with Crippen molar-refractivity contribution in [1.29, 1.82) is 0 Å². The Morgan fingerprint density at radius 1 is 1.06 bits per heavy atom. The summed E-state index contributed by atoms with van der Waals surface area (Å²) in [6.07, 6.45) is 0. The number of benzene rings is 1. The highest BCUT2D eigenvalue weighted by atomic mass is 79.9. The molecule has 0 atom stereocenters. The van der Waals surface area contributed by atoms with Gasteiger partial charge in [-0.05, 0) is 11.3 Å². The molecule has 0 saturated heterocycles. The Morgan fingerprint density at radius 3 is 2.71 bits per heavy atom. The molecule has 0 spiro atoms. The summed E-state index contributed by atoms with van der Waals surface area (Å²) >= 11 is 3.38. The normalized spacial score (nSPS) is 17.5. The fraction of sp³-hybridized carbons (Fsp3) is 0. The van der Waals surface area contributed by atoms with Crippen LogP contribution >= 0.6 is 15.9 Å². The van der Waals surface area contributed by atoms with Crippen LogP contribution < -0.4 is 0 Å². The molecule has 0 saturated carbocycles. The molecule has 0 radical (unpaired) electrons. The molecule has 1 aromatic carbocycles. The van der Waals surface area contributed by atoms with E-state index >= 15 is 0 Å². The molecule has 17 heavy (non-hydrogen) atoms. The van der Waals surface area contributed by atoms with E-state index in [2.05, 4.69) is 41.4 Å². The predicted molar refractivity (Wildman–Crippen MR) is 65.4 cm³/mol. The quantitative estimate of drug-likeness (QED) is 0.778. The number of carbonyl (C=O) groups is 1. The number of hydrogen-bond acceptors (Lipinski definition) is 5. The van der Waals surface area contributed by atoms with Crippen LogP contribution in [0.1, 0.15) is 5.56 Å². The summed E-state index contributed by atoms with van der Waals surface area (Å²) in [5.41, 5.74) is 0.829. The number of rotatable bonds is 1. The summed E-state index contributed by atoms with van der Waals surface area (Å²) in [6.45, 7) is 0. The van der Waals surface area contributed by atoms with Crippen LogP contribution in [0, 0.1) is 0 Å². The minimum Gasteiger partial charge on any atom is -0.265 e. The fourth-order valence-corrected chi connectivity index (χ4v) is 1.91. The Hall–Kier alpha value is -2.02. The van der Waals surface area contributed by atoms with Crippen LogP contribution in [-0.4, -0.2) is 23.3 Å². The molecule has 0 fully saturated rings. The minimum absolute atomic E-state index is 0.0980. The lowest BCUT2D eigenvalue weighted by molar-refractivity contribution is -0.111. The number of carbonyl (C=O) groups excluding carboxylic acids is 1. The molecule has 2 aliphatic rings. The van der Waals surface area contributed by atoms with Gasteiger partial charge in [-0.15, -0.1) is 10.2 Å². The summed E-state index contributed by atoms with van der Waals surface area (Å²) in [5.74, 6) is 0.0683. The van der Waals surface area contributed by atoms with Crippen molar-refractivity contribution in [2.24, 2.45) is 25.4 Å². The van der Waals surface area contributed by atoms with E-state index in [0.717, 1.165) is 10.0 Å². The molecule has 1 aromatic rings. The summed E-state index contributed by atoms with van der Waals surface area (Å²) in [7, 11) is 0. The summed E-state index contributed by atoms with van der Waals surface area (Å²) in [4.78, 5) is 19.7. The first-order valence-corrected chi connectivity index (χ1v) is 5.51. The Bertz CT molecular complexity index is 644. The highest BCUT2D eigenvalue weighted by Gasteiger charge is 2.28. The van der Waals surface area contributed by atoms with Crippen LogP contribution in [0.5, 0.6) is 0 Å². The van der Waals surface area contributed by atoms with Crippen LogP contribution in [0.25, 0.3) is 0 Å². The van der Waals surface area contributed by atoms with Gasteiger partial charge in [0.15, 0.2) is 5.84 Å². The highest BCUT2D eigenvalue weighted by Crippen LogP contribution is 2.20. The lowest BCUT2D eigenvalue weighted by atomic mass is 10.2. The van der Waals surface area contributed by atoms with Gasteiger partial charge in [0.05, 0.1) is 0 Å². The monoisotopic (exact) mass is 289 g/mol. The first-order chi connectivity index (χ1) is 8.25. The molecule has 7 heteroatoms. The van der Waals surface area contributed by atoms with Gasteiger partial charge >= 0.3 is 5.91 Å². The van der Waals surface area contributed by atoms with Crippen LogP contribution in [0.15, 0.2) is 54.2 Å². The Balaban J connectivity index is 2.12. The molecule has 6 nitrogen and oxygen atoms in total. The third-order valence-electron chi connectivity index (χ3n) is 2.23. The molecule has 0 aliphatic carbocycles. The second-order valence-corrected chi connectivity index (χ2v) is 4.15. The van der Waals surface area contributed by atoms with E-state index < -0.39 is 5.91 Å². The molecule has 0 unspecified atom stereocenters. The highest BCUT2D eigenvalue weighted by molar-refractivity contribution is 9.10. The molecule has 2 heterocycles. The zero-order valence-corrected chi connectivity index (χ0v) is 9.92. The molecule has 3 rings (SSSR count). The number of fused-ring (bicyclic) bond motifs is 1. The molecule has 82 valence electrons. The smallest absolute Gasteiger partial charge is 0.265 e. The Kier molecular flexibility index (Phi) is 2.25. The molecular formula is C10H4BrN5O. The van der Waals surface area contributed by atoms with E-state index in [0.29, 0.717) is 5.84 Å². The van der Waals surface area contributed by atoms with E-state index in [1.807, 2.05) is 24.3 Å². The standard InChI is InChI=1S/C10H4BrN5O/c11-6-4-2-1-3-5(6)8-12-9-7(10(17)13-8)14-16-15-9/h1-4H. The summed E-state index contributed by atoms with van der Waals surface area (Å²) in [6, 6.07) is 7.37. The van der Waals surface area contributed by atoms with Gasteiger partial charge in [-0.3, -0.25) is 4.79 Å². The maximum Gasteiger partial charge on any atom is 0.303 e. The maximum atomic E-state index is 11.6. The van der Waals surface area contributed by atoms with Gasteiger partial charge < -0.3 is 0 Å². The van der Waals surface area contributed by atoms with Crippen molar-refractivity contribution in [3.63, 3.8) is 0 Å². The Labute approximate surface area is 104 Å². The molecule has 0 bridgehead atoms. The molecule has 0 aromatic heterocycles. The van der Waals surface area contributed by atoms with E-state index in [1.165, 1.54) is 0 Å². The lowest BCUT2D eigenvalue weighted by Gasteiger charge is -2.07. The molecule has 2 aliphatic heterocycles. The van der Waals surface area contributed by atoms with Gasteiger partial charge in [0.1, 0.15) is 0 Å². The van der Waals surface area contributed by atoms with Crippen molar-refractivity contribution in [2.45, 2.75) is 0 Å². The third kappa shape index (κ3) is 1.64. The van der Waals surface area contributed by atoms with Crippen molar-refractivity contribution in [1.82, 2.24) is 0 Å². The average molecular weight is 290 g/mol. The minimum atomic E-state index is -0.467. The van der Waals surface area contributed by atoms with E-state index in [1.54, 1.807) is 0 Å². The van der Waals surface area contributed by atoms with E-state index in [9.17, 15) is 4.79 Å². The molecular weight excluding hydrogens is 286 g/mol. The van der Waals surface area contributed by atoms with Gasteiger partial charge in [-0.2, -0.15) is 4.99 Å². The van der Waals surface area contributed by atoms with Crippen LogP contribution in [0.4, 0.5) is 0 Å². The van der Waals surface area contributed by atoms with Crippen LogP contribution in [-0.2, 0) is 4.79 Å². The van der Waals surface area contributed by atoms with E-state index in [4.69, 9.17) is 0 Å². The number of aliphatic imine (C=N–C) groups is 2. The number of nitrogens with zero attached hydrogens (tertiary/aromatic N) is 5.